The highest BCUT2D eigenvalue weighted by Gasteiger charge is 2.33. The van der Waals surface area contributed by atoms with Gasteiger partial charge in [-0.1, -0.05) is 6.07 Å². The first kappa shape index (κ1) is 17.7. The number of carbonyl (C=O) groups is 1. The van der Waals surface area contributed by atoms with Crippen LogP contribution in [0.3, 0.4) is 0 Å². The Morgan fingerprint density at radius 1 is 1.39 bits per heavy atom. The highest BCUT2D eigenvalue weighted by molar-refractivity contribution is 5.68. The number of aliphatic hydroxyl groups excluding tert-OH is 1. The number of carbonyl (C=O) groups excluding carboxylic acids is 1. The minimum Gasteiger partial charge on any atom is -0.444 e. The summed E-state index contributed by atoms with van der Waals surface area (Å²) in [5.41, 5.74) is -0.257. The van der Waals surface area contributed by atoms with Gasteiger partial charge >= 0.3 is 6.09 Å². The Morgan fingerprint density at radius 2 is 2.09 bits per heavy atom. The summed E-state index contributed by atoms with van der Waals surface area (Å²) in [4.78, 5) is 13.7. The van der Waals surface area contributed by atoms with E-state index in [1.807, 2.05) is 0 Å². The number of aliphatic hydroxyl groups is 1. The molecule has 128 valence electrons. The van der Waals surface area contributed by atoms with Crippen molar-refractivity contribution in [1.82, 2.24) is 4.90 Å². The van der Waals surface area contributed by atoms with Gasteiger partial charge in [-0.3, -0.25) is 0 Å². The van der Waals surface area contributed by atoms with Crippen molar-refractivity contribution in [3.05, 3.63) is 35.4 Å². The molecule has 23 heavy (non-hydrogen) atoms. The molecule has 1 fully saturated rings. The Bertz CT molecular complexity index is 571. The van der Waals surface area contributed by atoms with Crippen molar-refractivity contribution in [2.45, 2.75) is 45.3 Å². The highest BCUT2D eigenvalue weighted by atomic mass is 19.1. The molecule has 1 aliphatic heterocycles. The number of likely N-dealkylation sites (tertiary alicyclic amines) is 1. The van der Waals surface area contributed by atoms with Crippen molar-refractivity contribution < 1.29 is 23.4 Å². The summed E-state index contributed by atoms with van der Waals surface area (Å²) in [6.45, 7) is 6.05. The van der Waals surface area contributed by atoms with Gasteiger partial charge in [-0.05, 0) is 45.2 Å². The van der Waals surface area contributed by atoms with Gasteiger partial charge in [-0.25, -0.2) is 13.6 Å². The number of ether oxygens (including phenoxy) is 1. The molecule has 1 heterocycles. The van der Waals surface area contributed by atoms with Gasteiger partial charge < -0.3 is 14.7 Å². The van der Waals surface area contributed by atoms with Crippen molar-refractivity contribution in [2.75, 3.05) is 13.1 Å². The van der Waals surface area contributed by atoms with E-state index >= 15 is 0 Å². The van der Waals surface area contributed by atoms with E-state index in [4.69, 9.17) is 4.74 Å². The Morgan fingerprint density at radius 3 is 2.70 bits per heavy atom. The molecule has 0 spiro atoms. The summed E-state index contributed by atoms with van der Waals surface area (Å²) >= 11 is 0. The molecule has 1 N–H and O–H groups in total. The SMILES string of the molecule is CC(C)(C)OC(=O)N1CCC(O)C(Cc2ccc(F)cc2F)C1. The zero-order chi connectivity index (χ0) is 17.2. The molecule has 1 aromatic carbocycles. The Labute approximate surface area is 135 Å². The third-order valence-corrected chi connectivity index (χ3v) is 3.84. The number of hydrogen-bond donors (Lipinski definition) is 1. The summed E-state index contributed by atoms with van der Waals surface area (Å²) in [7, 11) is 0. The van der Waals surface area contributed by atoms with Gasteiger partial charge in [0, 0.05) is 25.1 Å². The van der Waals surface area contributed by atoms with Crippen molar-refractivity contribution in [2.24, 2.45) is 5.92 Å². The van der Waals surface area contributed by atoms with Gasteiger partial charge in [0.1, 0.15) is 17.2 Å². The number of amides is 1. The standard InChI is InChI=1S/C17H23F2NO3/c1-17(2,3)23-16(22)20-7-6-15(21)12(10-20)8-11-4-5-13(18)9-14(11)19/h4-5,9,12,15,21H,6-8,10H2,1-3H3. The molecule has 0 aromatic heterocycles. The molecular formula is C17H23F2NO3. The van der Waals surface area contributed by atoms with Crippen LogP contribution in [-0.2, 0) is 11.2 Å². The normalized spacial score (nSPS) is 22.1. The molecule has 0 aliphatic carbocycles. The van der Waals surface area contributed by atoms with Crippen molar-refractivity contribution in [3.8, 4) is 0 Å². The molecule has 0 bridgehead atoms. The van der Waals surface area contributed by atoms with Crippen LogP contribution in [0.4, 0.5) is 13.6 Å². The van der Waals surface area contributed by atoms with Crippen LogP contribution in [0.5, 0.6) is 0 Å². The molecular weight excluding hydrogens is 304 g/mol. The number of piperidine rings is 1. The third kappa shape index (κ3) is 4.89. The van der Waals surface area contributed by atoms with Crippen molar-refractivity contribution >= 4 is 6.09 Å². The zero-order valence-corrected chi connectivity index (χ0v) is 13.7. The van der Waals surface area contributed by atoms with Crippen LogP contribution in [0.1, 0.15) is 32.8 Å². The third-order valence-electron chi connectivity index (χ3n) is 3.84. The Kier molecular flexibility index (Phi) is 5.24. The lowest BCUT2D eigenvalue weighted by Crippen LogP contribution is -2.48. The van der Waals surface area contributed by atoms with E-state index in [0.29, 0.717) is 18.5 Å². The second-order valence-corrected chi connectivity index (χ2v) is 6.98. The van der Waals surface area contributed by atoms with E-state index in [1.54, 1.807) is 20.8 Å². The number of hydrogen-bond acceptors (Lipinski definition) is 3. The van der Waals surface area contributed by atoms with Gasteiger partial charge in [0.15, 0.2) is 0 Å². The van der Waals surface area contributed by atoms with E-state index in [2.05, 4.69) is 0 Å². The number of nitrogens with zero attached hydrogens (tertiary/aromatic N) is 1. The topological polar surface area (TPSA) is 49.8 Å². The monoisotopic (exact) mass is 327 g/mol. The molecule has 0 radical (unpaired) electrons. The quantitative estimate of drug-likeness (QED) is 0.908. The van der Waals surface area contributed by atoms with Crippen LogP contribution in [0.15, 0.2) is 18.2 Å². The molecule has 1 amide bonds. The lowest BCUT2D eigenvalue weighted by Gasteiger charge is -2.37. The van der Waals surface area contributed by atoms with Gasteiger partial charge in [0.25, 0.3) is 0 Å². The number of rotatable bonds is 2. The minimum atomic E-state index is -0.633. The average molecular weight is 327 g/mol. The van der Waals surface area contributed by atoms with E-state index in [1.165, 1.54) is 17.0 Å². The van der Waals surface area contributed by atoms with Crippen molar-refractivity contribution in [1.29, 1.82) is 0 Å². The summed E-state index contributed by atoms with van der Waals surface area (Å²) in [6.07, 6.45) is -0.411. The maximum Gasteiger partial charge on any atom is 0.410 e. The molecule has 2 unspecified atom stereocenters. The van der Waals surface area contributed by atoms with Gasteiger partial charge in [0.05, 0.1) is 6.10 Å². The molecule has 1 saturated heterocycles. The second-order valence-electron chi connectivity index (χ2n) is 6.98. The largest absolute Gasteiger partial charge is 0.444 e. The highest BCUT2D eigenvalue weighted by Crippen LogP contribution is 2.24. The maximum absolute atomic E-state index is 13.8. The van der Waals surface area contributed by atoms with Crippen LogP contribution in [-0.4, -0.2) is 40.9 Å². The van der Waals surface area contributed by atoms with Gasteiger partial charge in [-0.2, -0.15) is 0 Å². The van der Waals surface area contributed by atoms with E-state index < -0.39 is 29.4 Å². The van der Waals surface area contributed by atoms with Gasteiger partial charge in [-0.15, -0.1) is 0 Å². The lowest BCUT2D eigenvalue weighted by molar-refractivity contribution is -0.00835. The predicted molar refractivity (Wildman–Crippen MR) is 82.0 cm³/mol. The van der Waals surface area contributed by atoms with Crippen LogP contribution in [0.25, 0.3) is 0 Å². The Hall–Kier alpha value is -1.69. The Balaban J connectivity index is 2.04. The van der Waals surface area contributed by atoms with Crippen molar-refractivity contribution in [3.63, 3.8) is 0 Å². The second kappa shape index (κ2) is 6.83. The summed E-state index contributed by atoms with van der Waals surface area (Å²) in [5, 5.41) is 10.1. The zero-order valence-electron chi connectivity index (χ0n) is 13.7. The molecule has 2 rings (SSSR count). The van der Waals surface area contributed by atoms with Crippen LogP contribution >= 0.6 is 0 Å². The first-order valence-electron chi connectivity index (χ1n) is 7.75. The average Bonchev–Trinajstić information content (AvgIpc) is 2.42. The molecule has 6 heteroatoms. The fourth-order valence-electron chi connectivity index (χ4n) is 2.68. The first-order valence-corrected chi connectivity index (χ1v) is 7.75. The molecule has 0 saturated carbocycles. The lowest BCUT2D eigenvalue weighted by atomic mass is 9.88. The van der Waals surface area contributed by atoms with Crippen LogP contribution < -0.4 is 0 Å². The summed E-state index contributed by atoms with van der Waals surface area (Å²) in [6, 6.07) is 3.40. The fourth-order valence-corrected chi connectivity index (χ4v) is 2.68. The van der Waals surface area contributed by atoms with E-state index in [9.17, 15) is 18.7 Å². The first-order chi connectivity index (χ1) is 10.7. The summed E-state index contributed by atoms with van der Waals surface area (Å²) < 4.78 is 32.1. The molecule has 1 aliphatic rings. The molecule has 2 atom stereocenters. The number of halogens is 2. The van der Waals surface area contributed by atoms with Crippen LogP contribution in [0, 0.1) is 17.6 Å². The van der Waals surface area contributed by atoms with Crippen LogP contribution in [0.2, 0.25) is 0 Å². The van der Waals surface area contributed by atoms with E-state index in [0.717, 1.165) is 6.07 Å². The maximum atomic E-state index is 13.8. The minimum absolute atomic E-state index is 0.243. The molecule has 4 nitrogen and oxygen atoms in total. The van der Waals surface area contributed by atoms with E-state index in [-0.39, 0.29) is 18.9 Å². The number of benzene rings is 1. The smallest absolute Gasteiger partial charge is 0.410 e. The van der Waals surface area contributed by atoms with Gasteiger partial charge in [0.2, 0.25) is 0 Å². The summed E-state index contributed by atoms with van der Waals surface area (Å²) in [5.74, 6) is -1.58. The molecule has 1 aromatic rings. The predicted octanol–water partition coefficient (Wildman–Crippen LogP) is 3.13. The fraction of sp³-hybridized carbons (Fsp3) is 0.588.